The lowest BCUT2D eigenvalue weighted by Gasteiger charge is -2.28. The Bertz CT molecular complexity index is 1510. The summed E-state index contributed by atoms with van der Waals surface area (Å²) < 4.78 is 0. The number of primary amides is 1. The molecule has 0 saturated heterocycles. The Morgan fingerprint density at radius 2 is 1.30 bits per heavy atom. The van der Waals surface area contributed by atoms with Crippen molar-refractivity contribution in [1.82, 2.24) is 31.9 Å². The van der Waals surface area contributed by atoms with Gasteiger partial charge in [-0.1, -0.05) is 52.7 Å². The van der Waals surface area contributed by atoms with Crippen LogP contribution in [0.1, 0.15) is 72.3 Å². The molecule has 0 heterocycles. The SMILES string of the molecule is CC[C@H](C)[C@H](NC(=O)CNC(=O)[C@@H](NC(=O)[C@@H](NC(=O)[C@H](Cc1ccc(O)cc1)NC(=O)[C@@H](N)CCCCN)C(C)C)[C@@H](C)O)C(=O)N[C@@H](CC(N)=O)C(=O)O. The topological polar surface area (TPSA) is 347 Å². The summed E-state index contributed by atoms with van der Waals surface area (Å²) in [6, 6.07) is -2.03. The number of carbonyl (C=O) groups is 8. The van der Waals surface area contributed by atoms with E-state index >= 15 is 0 Å². The van der Waals surface area contributed by atoms with Crippen molar-refractivity contribution in [2.24, 2.45) is 29.0 Å². The van der Waals surface area contributed by atoms with Gasteiger partial charge in [0.1, 0.15) is 36.0 Å². The Hall–Kier alpha value is -5.34. The van der Waals surface area contributed by atoms with Gasteiger partial charge in [-0.25, -0.2) is 4.79 Å². The fourth-order valence-corrected chi connectivity index (χ4v) is 5.30. The van der Waals surface area contributed by atoms with E-state index in [1.165, 1.54) is 19.1 Å². The summed E-state index contributed by atoms with van der Waals surface area (Å²) in [6.45, 7) is 7.46. The Balaban J connectivity index is 3.09. The first-order valence-corrected chi connectivity index (χ1v) is 18.4. The first kappa shape index (κ1) is 48.7. The fourth-order valence-electron chi connectivity index (χ4n) is 5.30. The molecule has 56 heavy (non-hydrogen) atoms. The summed E-state index contributed by atoms with van der Waals surface area (Å²) >= 11 is 0. The molecule has 0 aliphatic carbocycles. The van der Waals surface area contributed by atoms with Gasteiger partial charge in [0.05, 0.1) is 25.1 Å². The van der Waals surface area contributed by atoms with Crippen LogP contribution in [0.3, 0.4) is 0 Å². The van der Waals surface area contributed by atoms with E-state index in [1.54, 1.807) is 39.8 Å². The van der Waals surface area contributed by atoms with Gasteiger partial charge < -0.3 is 64.4 Å². The minimum atomic E-state index is -1.64. The van der Waals surface area contributed by atoms with Crippen molar-refractivity contribution in [2.75, 3.05) is 13.1 Å². The summed E-state index contributed by atoms with van der Waals surface area (Å²) in [6.07, 6.45) is -0.294. The van der Waals surface area contributed by atoms with Crippen LogP contribution in [0.2, 0.25) is 0 Å². The third kappa shape index (κ3) is 17.0. The van der Waals surface area contributed by atoms with E-state index in [0.29, 0.717) is 37.8 Å². The molecule has 0 radical (unpaired) electrons. The molecule has 20 nitrogen and oxygen atoms in total. The number of aromatic hydroxyl groups is 1. The van der Waals surface area contributed by atoms with Gasteiger partial charge in [0, 0.05) is 6.42 Å². The van der Waals surface area contributed by atoms with E-state index in [0.717, 1.165) is 0 Å². The number of aliphatic hydroxyl groups excluding tert-OH is 1. The average molecular weight is 794 g/mol. The molecule has 0 saturated carbocycles. The lowest BCUT2D eigenvalue weighted by Crippen LogP contribution is -2.61. The summed E-state index contributed by atoms with van der Waals surface area (Å²) in [7, 11) is 0. The highest BCUT2D eigenvalue weighted by Crippen LogP contribution is 2.13. The maximum atomic E-state index is 13.7. The molecule has 7 amide bonds. The molecule has 20 heteroatoms. The lowest BCUT2D eigenvalue weighted by molar-refractivity contribution is -0.144. The van der Waals surface area contributed by atoms with Crippen LogP contribution in [0.15, 0.2) is 24.3 Å². The van der Waals surface area contributed by atoms with E-state index in [-0.39, 0.29) is 12.2 Å². The zero-order valence-corrected chi connectivity index (χ0v) is 32.5. The van der Waals surface area contributed by atoms with Gasteiger partial charge in [0.2, 0.25) is 41.4 Å². The number of nitrogens with one attached hydrogen (secondary N) is 6. The van der Waals surface area contributed by atoms with E-state index in [1.807, 2.05) is 0 Å². The number of unbranched alkanes of at least 4 members (excludes halogenated alkanes) is 1. The quantitative estimate of drug-likeness (QED) is 0.0439. The van der Waals surface area contributed by atoms with Gasteiger partial charge in [0.25, 0.3) is 0 Å². The third-order valence-corrected chi connectivity index (χ3v) is 8.88. The highest BCUT2D eigenvalue weighted by Gasteiger charge is 2.35. The number of aliphatic carboxylic acids is 1. The van der Waals surface area contributed by atoms with Crippen LogP contribution in [0.4, 0.5) is 0 Å². The zero-order valence-electron chi connectivity index (χ0n) is 32.5. The third-order valence-electron chi connectivity index (χ3n) is 8.88. The highest BCUT2D eigenvalue weighted by atomic mass is 16.4. The summed E-state index contributed by atoms with van der Waals surface area (Å²) in [5.74, 6) is -8.58. The molecule has 0 fully saturated rings. The molecule has 0 unspecified atom stereocenters. The number of aliphatic hydroxyl groups is 1. The zero-order chi connectivity index (χ0) is 42.7. The maximum Gasteiger partial charge on any atom is 0.326 e. The van der Waals surface area contributed by atoms with Crippen molar-refractivity contribution < 1.29 is 53.7 Å². The Labute approximate surface area is 325 Å². The van der Waals surface area contributed by atoms with E-state index in [4.69, 9.17) is 17.2 Å². The summed E-state index contributed by atoms with van der Waals surface area (Å²) in [5.41, 5.74) is 17.2. The van der Waals surface area contributed by atoms with Crippen LogP contribution in [0.25, 0.3) is 0 Å². The number of hydrogen-bond acceptors (Lipinski definition) is 12. The molecule has 1 aromatic rings. The van der Waals surface area contributed by atoms with Crippen LogP contribution in [0, 0.1) is 11.8 Å². The number of amides is 7. The smallest absolute Gasteiger partial charge is 0.326 e. The molecular formula is C36H59N9O11. The molecule has 0 spiro atoms. The molecule has 1 rings (SSSR count). The molecule has 15 N–H and O–H groups in total. The molecule has 8 atom stereocenters. The highest BCUT2D eigenvalue weighted by molar-refractivity contribution is 5.97. The predicted molar refractivity (Wildman–Crippen MR) is 203 cm³/mol. The number of benzene rings is 1. The largest absolute Gasteiger partial charge is 0.508 e. The first-order valence-electron chi connectivity index (χ1n) is 18.4. The second kappa shape index (κ2) is 24.2. The Kier molecular flexibility index (Phi) is 21.1. The van der Waals surface area contributed by atoms with E-state index in [2.05, 4.69) is 31.9 Å². The molecule has 0 aliphatic rings. The predicted octanol–water partition coefficient (Wildman–Crippen LogP) is -3.03. The van der Waals surface area contributed by atoms with E-state index in [9.17, 15) is 53.7 Å². The van der Waals surface area contributed by atoms with Crippen LogP contribution in [-0.2, 0) is 44.8 Å². The van der Waals surface area contributed by atoms with Crippen molar-refractivity contribution in [3.05, 3.63) is 29.8 Å². The van der Waals surface area contributed by atoms with Gasteiger partial charge in [0.15, 0.2) is 0 Å². The number of carbonyl (C=O) groups excluding carboxylic acids is 7. The molecule has 314 valence electrons. The second-order valence-electron chi connectivity index (χ2n) is 14.0. The number of hydrogen-bond donors (Lipinski definition) is 12. The van der Waals surface area contributed by atoms with Gasteiger partial charge >= 0.3 is 5.97 Å². The summed E-state index contributed by atoms with van der Waals surface area (Å²) in [5, 5.41) is 44.0. The minimum absolute atomic E-state index is 0.0123. The minimum Gasteiger partial charge on any atom is -0.508 e. The van der Waals surface area contributed by atoms with Crippen LogP contribution in [0.5, 0.6) is 5.75 Å². The van der Waals surface area contributed by atoms with Gasteiger partial charge in [-0.3, -0.25) is 33.6 Å². The first-order chi connectivity index (χ1) is 26.2. The standard InChI is InChI=1S/C36H59N9O11/c1-6-19(4)29(35(54)42-25(36(55)56)16-26(39)48)43-27(49)17-40-33(52)30(20(5)46)45-34(53)28(18(2)3)44-32(51)24(15-21-10-12-22(47)13-11-21)41-31(50)23(38)9-7-8-14-37/h10-13,18-20,23-25,28-30,46-47H,6-9,14-17,37-38H2,1-5H3,(H2,39,48)(H,40,52)(H,41,50)(H,42,54)(H,43,49)(H,44,51)(H,45,53)(H,55,56)/t19-,20+,23-,24-,25-,28-,29-,30-/m0/s1. The van der Waals surface area contributed by atoms with Crippen molar-refractivity contribution in [1.29, 1.82) is 0 Å². The number of rotatable bonds is 25. The molecule has 1 aromatic carbocycles. The van der Waals surface area contributed by atoms with Crippen molar-refractivity contribution in [3.8, 4) is 5.75 Å². The Morgan fingerprint density at radius 3 is 1.82 bits per heavy atom. The Morgan fingerprint density at radius 1 is 0.732 bits per heavy atom. The average Bonchev–Trinajstić information content (AvgIpc) is 3.13. The van der Waals surface area contributed by atoms with E-state index < -0.39 is 114 Å². The molecule has 0 bridgehead atoms. The molecule has 0 aliphatic heterocycles. The second-order valence-corrected chi connectivity index (χ2v) is 14.0. The van der Waals surface area contributed by atoms with Crippen LogP contribution in [-0.4, -0.2) is 118 Å². The van der Waals surface area contributed by atoms with Crippen molar-refractivity contribution >= 4 is 47.3 Å². The monoisotopic (exact) mass is 793 g/mol. The number of carboxylic acids is 1. The lowest BCUT2D eigenvalue weighted by atomic mass is 9.97. The molecular weight excluding hydrogens is 734 g/mol. The van der Waals surface area contributed by atoms with Crippen molar-refractivity contribution in [3.63, 3.8) is 0 Å². The number of carboxylic acid groups (broad SMARTS) is 1. The summed E-state index contributed by atoms with van der Waals surface area (Å²) in [4.78, 5) is 102. The number of phenolic OH excluding ortho intramolecular Hbond substituents is 1. The normalized spacial score (nSPS) is 15.4. The molecule has 0 aromatic heterocycles. The van der Waals surface area contributed by atoms with Gasteiger partial charge in [-0.2, -0.15) is 0 Å². The number of phenols is 1. The number of nitrogens with two attached hydrogens (primary N) is 3. The van der Waals surface area contributed by atoms with Gasteiger partial charge in [-0.05, 0) is 55.8 Å². The van der Waals surface area contributed by atoms with Crippen molar-refractivity contribution in [2.45, 2.75) is 115 Å². The van der Waals surface area contributed by atoms with Crippen LogP contribution >= 0.6 is 0 Å². The van der Waals surface area contributed by atoms with Gasteiger partial charge in [-0.15, -0.1) is 0 Å². The van der Waals surface area contributed by atoms with Crippen LogP contribution < -0.4 is 49.1 Å². The maximum absolute atomic E-state index is 13.7. The fraction of sp³-hybridized carbons (Fsp3) is 0.611.